The average Bonchev–Trinajstić information content (AvgIpc) is 2.70. The summed E-state index contributed by atoms with van der Waals surface area (Å²) in [6.07, 6.45) is 3.83. The first-order valence-electron chi connectivity index (χ1n) is 5.72. The highest BCUT2D eigenvalue weighted by Gasteiger charge is 2.21. The molecule has 0 atom stereocenters. The van der Waals surface area contributed by atoms with Gasteiger partial charge < -0.3 is 5.32 Å². The van der Waals surface area contributed by atoms with Gasteiger partial charge in [-0.1, -0.05) is 43.9 Å². The molecule has 6 heteroatoms. The Kier molecular flexibility index (Phi) is 6.99. The molecule has 1 aliphatic rings. The number of hydrogen-bond donors (Lipinski definition) is 2. The van der Waals surface area contributed by atoms with Crippen LogP contribution < -0.4 is 5.32 Å². The van der Waals surface area contributed by atoms with Gasteiger partial charge in [0.25, 0.3) is 5.91 Å². The number of nitrogens with one attached hydrogen (secondary N) is 1. The van der Waals surface area contributed by atoms with Crippen molar-refractivity contribution in [2.24, 2.45) is 0 Å². The SMILES string of the molecule is CC.CSc1ccc(/C=C2\SC(=S)NC2=O)cc1S. The van der Waals surface area contributed by atoms with Crippen molar-refractivity contribution in [2.75, 3.05) is 6.26 Å². The van der Waals surface area contributed by atoms with E-state index in [0.717, 1.165) is 15.4 Å². The fraction of sp³-hybridized carbons (Fsp3) is 0.231. The van der Waals surface area contributed by atoms with Crippen LogP contribution in [-0.4, -0.2) is 16.5 Å². The molecular formula is C13H15NOS4. The number of thiol groups is 1. The van der Waals surface area contributed by atoms with Crippen LogP contribution in [0.5, 0.6) is 0 Å². The summed E-state index contributed by atoms with van der Waals surface area (Å²) in [5, 5.41) is 2.59. The van der Waals surface area contributed by atoms with Crippen LogP contribution in [0.3, 0.4) is 0 Å². The summed E-state index contributed by atoms with van der Waals surface area (Å²) in [5.41, 5.74) is 0.954. The molecule has 0 aromatic heterocycles. The molecule has 0 aliphatic carbocycles. The predicted molar refractivity (Wildman–Crippen MR) is 93.1 cm³/mol. The molecule has 1 fully saturated rings. The summed E-state index contributed by atoms with van der Waals surface area (Å²) in [7, 11) is 0. The van der Waals surface area contributed by atoms with Crippen molar-refractivity contribution in [3.05, 3.63) is 28.7 Å². The van der Waals surface area contributed by atoms with Gasteiger partial charge in [-0.25, -0.2) is 0 Å². The Labute approximate surface area is 133 Å². The van der Waals surface area contributed by atoms with Gasteiger partial charge in [0.15, 0.2) is 0 Å². The first kappa shape index (κ1) is 16.6. The molecule has 19 heavy (non-hydrogen) atoms. The molecule has 0 unspecified atom stereocenters. The molecule has 0 bridgehead atoms. The maximum absolute atomic E-state index is 11.5. The van der Waals surface area contributed by atoms with Gasteiger partial charge in [-0.05, 0) is 30.0 Å². The van der Waals surface area contributed by atoms with Gasteiger partial charge in [0, 0.05) is 9.79 Å². The van der Waals surface area contributed by atoms with Crippen LogP contribution in [0.1, 0.15) is 19.4 Å². The summed E-state index contributed by atoms with van der Waals surface area (Å²) in [5.74, 6) is -0.130. The number of thioether (sulfide) groups is 2. The second-order valence-electron chi connectivity index (χ2n) is 3.28. The minimum atomic E-state index is -0.130. The molecule has 1 amide bonds. The smallest absolute Gasteiger partial charge is 0.263 e. The van der Waals surface area contributed by atoms with Crippen LogP contribution in [0.25, 0.3) is 6.08 Å². The number of carbonyl (C=O) groups is 1. The lowest BCUT2D eigenvalue weighted by Gasteiger charge is -2.02. The zero-order valence-corrected chi connectivity index (χ0v) is 14.2. The van der Waals surface area contributed by atoms with Gasteiger partial charge >= 0.3 is 0 Å². The van der Waals surface area contributed by atoms with Crippen molar-refractivity contribution in [1.29, 1.82) is 0 Å². The molecule has 1 N–H and O–H groups in total. The number of hydrogen-bond acceptors (Lipinski definition) is 5. The van der Waals surface area contributed by atoms with Gasteiger partial charge in [-0.3, -0.25) is 4.79 Å². The summed E-state index contributed by atoms with van der Waals surface area (Å²) >= 11 is 12.3. The van der Waals surface area contributed by atoms with Gasteiger partial charge in [0.1, 0.15) is 4.32 Å². The Morgan fingerprint density at radius 2 is 2.11 bits per heavy atom. The van der Waals surface area contributed by atoms with E-state index >= 15 is 0 Å². The third kappa shape index (κ3) is 4.56. The van der Waals surface area contributed by atoms with Gasteiger partial charge in [-0.15, -0.1) is 24.4 Å². The molecule has 0 spiro atoms. The van der Waals surface area contributed by atoms with Crippen molar-refractivity contribution in [2.45, 2.75) is 23.6 Å². The molecule has 2 rings (SSSR count). The molecule has 0 saturated carbocycles. The van der Waals surface area contributed by atoms with E-state index in [1.54, 1.807) is 11.8 Å². The lowest BCUT2D eigenvalue weighted by atomic mass is 10.2. The second kappa shape index (κ2) is 7.99. The molecule has 1 aromatic carbocycles. The van der Waals surface area contributed by atoms with E-state index in [1.165, 1.54) is 11.8 Å². The number of amides is 1. The third-order valence-corrected chi connectivity index (χ3v) is 4.62. The molecule has 1 saturated heterocycles. The minimum absolute atomic E-state index is 0.130. The van der Waals surface area contributed by atoms with Gasteiger partial charge in [0.05, 0.1) is 4.91 Å². The number of carbonyl (C=O) groups excluding carboxylic acids is 1. The molecule has 1 aromatic rings. The van der Waals surface area contributed by atoms with Crippen LogP contribution in [0.4, 0.5) is 0 Å². The Hall–Kier alpha value is -0.430. The molecular weight excluding hydrogens is 314 g/mol. The van der Waals surface area contributed by atoms with E-state index in [1.807, 2.05) is 44.4 Å². The number of thiocarbonyl (C=S) groups is 1. The lowest BCUT2D eigenvalue weighted by molar-refractivity contribution is -0.115. The quantitative estimate of drug-likeness (QED) is 0.368. The first-order chi connectivity index (χ1) is 9.10. The molecule has 102 valence electrons. The maximum atomic E-state index is 11.5. The molecule has 1 aliphatic heterocycles. The normalized spacial score (nSPS) is 16.1. The topological polar surface area (TPSA) is 29.1 Å². The Morgan fingerprint density at radius 3 is 2.58 bits per heavy atom. The van der Waals surface area contributed by atoms with Crippen LogP contribution in [0, 0.1) is 0 Å². The average molecular weight is 330 g/mol. The highest BCUT2D eigenvalue weighted by Crippen LogP contribution is 2.29. The number of benzene rings is 1. The largest absolute Gasteiger partial charge is 0.307 e. The Bertz CT molecular complexity index is 525. The second-order valence-corrected chi connectivity index (χ2v) is 6.33. The molecule has 0 radical (unpaired) electrons. The molecule has 1 heterocycles. The minimum Gasteiger partial charge on any atom is -0.307 e. The maximum Gasteiger partial charge on any atom is 0.263 e. The van der Waals surface area contributed by atoms with Crippen LogP contribution in [0.15, 0.2) is 32.9 Å². The monoisotopic (exact) mass is 329 g/mol. The van der Waals surface area contributed by atoms with E-state index in [9.17, 15) is 4.79 Å². The van der Waals surface area contributed by atoms with Gasteiger partial charge in [-0.2, -0.15) is 0 Å². The van der Waals surface area contributed by atoms with Crippen molar-refractivity contribution in [3.63, 3.8) is 0 Å². The Balaban J connectivity index is 0.000000861. The van der Waals surface area contributed by atoms with E-state index in [2.05, 4.69) is 17.9 Å². The van der Waals surface area contributed by atoms with Crippen LogP contribution in [0.2, 0.25) is 0 Å². The van der Waals surface area contributed by atoms with Crippen molar-refractivity contribution in [3.8, 4) is 0 Å². The summed E-state index contributed by atoms with van der Waals surface area (Å²) in [6.45, 7) is 4.00. The van der Waals surface area contributed by atoms with Crippen molar-refractivity contribution in [1.82, 2.24) is 5.32 Å². The fourth-order valence-electron chi connectivity index (χ4n) is 1.37. The lowest BCUT2D eigenvalue weighted by Crippen LogP contribution is -2.17. The van der Waals surface area contributed by atoms with E-state index < -0.39 is 0 Å². The predicted octanol–water partition coefficient (Wildman–Crippen LogP) is 4.21. The van der Waals surface area contributed by atoms with Crippen LogP contribution >= 0.6 is 48.4 Å². The van der Waals surface area contributed by atoms with E-state index in [4.69, 9.17) is 12.2 Å². The highest BCUT2D eigenvalue weighted by atomic mass is 32.2. The van der Waals surface area contributed by atoms with Crippen molar-refractivity contribution < 1.29 is 4.79 Å². The Morgan fingerprint density at radius 1 is 1.42 bits per heavy atom. The summed E-state index contributed by atoms with van der Waals surface area (Å²) in [4.78, 5) is 14.1. The summed E-state index contributed by atoms with van der Waals surface area (Å²) < 4.78 is 0.507. The standard InChI is InChI=1S/C11H9NOS4.C2H6/c1-16-8-3-2-6(4-7(8)14)5-9-10(13)12-11(15)17-9;1-2/h2-5,14H,1H3,(H,12,13,15);1-2H3/b9-5-;. The van der Waals surface area contributed by atoms with Crippen molar-refractivity contribution >= 4 is 64.7 Å². The van der Waals surface area contributed by atoms with Crippen LogP contribution in [-0.2, 0) is 4.79 Å². The molecule has 2 nitrogen and oxygen atoms in total. The van der Waals surface area contributed by atoms with E-state index in [0.29, 0.717) is 9.23 Å². The highest BCUT2D eigenvalue weighted by molar-refractivity contribution is 8.26. The zero-order chi connectivity index (χ0) is 14.4. The number of rotatable bonds is 2. The fourth-order valence-corrected chi connectivity index (χ4v) is 3.38. The van der Waals surface area contributed by atoms with Gasteiger partial charge in [0.2, 0.25) is 0 Å². The van der Waals surface area contributed by atoms with E-state index in [-0.39, 0.29) is 5.91 Å². The third-order valence-electron chi connectivity index (χ3n) is 2.14. The summed E-state index contributed by atoms with van der Waals surface area (Å²) in [6, 6.07) is 5.90. The first-order valence-corrected chi connectivity index (χ1v) is 8.61. The zero-order valence-electron chi connectivity index (χ0n) is 10.9.